The highest BCUT2D eigenvalue weighted by molar-refractivity contribution is 7.71. The SMILES string of the molecule is S=c1n(C[NH+]2CCC[C@H]2c2cccs2)nc2ccccn12. The first kappa shape index (κ1) is 13.2. The number of quaternary nitrogens is 1. The van der Waals surface area contributed by atoms with Crippen LogP contribution in [0.5, 0.6) is 0 Å². The van der Waals surface area contributed by atoms with Crippen molar-refractivity contribution in [1.82, 2.24) is 14.2 Å². The first-order chi connectivity index (χ1) is 10.3. The van der Waals surface area contributed by atoms with Gasteiger partial charge in [0.2, 0.25) is 4.77 Å². The van der Waals surface area contributed by atoms with Crippen molar-refractivity contribution in [3.8, 4) is 0 Å². The lowest BCUT2D eigenvalue weighted by atomic mass is 10.2. The first-order valence-corrected chi connectivity index (χ1v) is 8.54. The third kappa shape index (κ3) is 2.33. The summed E-state index contributed by atoms with van der Waals surface area (Å²) in [6, 6.07) is 11.0. The Hall–Kier alpha value is -1.50. The molecule has 1 fully saturated rings. The van der Waals surface area contributed by atoms with Crippen molar-refractivity contribution in [3.05, 3.63) is 51.6 Å². The van der Waals surface area contributed by atoms with Crippen LogP contribution in [0.3, 0.4) is 0 Å². The maximum atomic E-state index is 5.55. The van der Waals surface area contributed by atoms with E-state index in [1.54, 1.807) is 4.90 Å². The molecule has 0 bridgehead atoms. The molecule has 1 N–H and O–H groups in total. The van der Waals surface area contributed by atoms with E-state index in [1.165, 1.54) is 24.3 Å². The number of likely N-dealkylation sites (tertiary alicyclic amines) is 1. The summed E-state index contributed by atoms with van der Waals surface area (Å²) in [5.74, 6) is 0. The molecule has 3 aromatic rings. The minimum absolute atomic E-state index is 0.594. The quantitative estimate of drug-likeness (QED) is 0.751. The van der Waals surface area contributed by atoms with E-state index in [0.717, 1.165) is 17.1 Å². The molecular weight excluding hydrogens is 300 g/mol. The van der Waals surface area contributed by atoms with Crippen LogP contribution < -0.4 is 4.90 Å². The minimum Gasteiger partial charge on any atom is -0.309 e. The van der Waals surface area contributed by atoms with E-state index < -0.39 is 0 Å². The van der Waals surface area contributed by atoms with Crippen LogP contribution in [0.1, 0.15) is 23.8 Å². The lowest BCUT2D eigenvalue weighted by Gasteiger charge is -2.20. The average Bonchev–Trinajstić information content (AvgIpc) is 3.21. The van der Waals surface area contributed by atoms with Crippen LogP contribution in [0, 0.1) is 4.77 Å². The molecular formula is C15H17N4S2+. The van der Waals surface area contributed by atoms with E-state index >= 15 is 0 Å². The van der Waals surface area contributed by atoms with Gasteiger partial charge in [0.1, 0.15) is 6.04 Å². The van der Waals surface area contributed by atoms with Crippen molar-refractivity contribution >= 4 is 29.2 Å². The molecule has 0 spiro atoms. The van der Waals surface area contributed by atoms with Crippen LogP contribution >= 0.6 is 23.6 Å². The fourth-order valence-corrected chi connectivity index (χ4v) is 4.38. The fourth-order valence-electron chi connectivity index (χ4n) is 3.20. The van der Waals surface area contributed by atoms with E-state index in [-0.39, 0.29) is 0 Å². The Balaban J connectivity index is 1.65. The van der Waals surface area contributed by atoms with E-state index in [2.05, 4.69) is 22.6 Å². The minimum atomic E-state index is 0.594. The Morgan fingerprint density at radius 3 is 3.10 bits per heavy atom. The van der Waals surface area contributed by atoms with Crippen molar-refractivity contribution in [1.29, 1.82) is 0 Å². The zero-order chi connectivity index (χ0) is 14.2. The van der Waals surface area contributed by atoms with Gasteiger partial charge in [-0.2, -0.15) is 4.68 Å². The smallest absolute Gasteiger partial charge is 0.207 e. The molecule has 4 rings (SSSR count). The Labute approximate surface area is 132 Å². The second-order valence-corrected chi connectivity index (χ2v) is 6.83. The maximum absolute atomic E-state index is 5.55. The third-order valence-electron chi connectivity index (χ3n) is 4.21. The standard InChI is InChI=1S/C15H16N4S2/c20-15-18-9-2-1-7-14(18)16-19(15)11-17-8-3-5-12(17)13-6-4-10-21-13/h1-2,4,6-7,9-10,12H,3,5,8,11H2/p+1/t12-/m0/s1. The van der Waals surface area contributed by atoms with Gasteiger partial charge in [0.15, 0.2) is 12.3 Å². The van der Waals surface area contributed by atoms with Gasteiger partial charge >= 0.3 is 0 Å². The summed E-state index contributed by atoms with van der Waals surface area (Å²) in [5.41, 5.74) is 0.925. The third-order valence-corrected chi connectivity index (χ3v) is 5.60. The number of nitrogens with one attached hydrogen (secondary N) is 1. The molecule has 1 aliphatic heterocycles. The number of pyridine rings is 1. The van der Waals surface area contributed by atoms with Crippen molar-refractivity contribution in [2.24, 2.45) is 0 Å². The molecule has 108 valence electrons. The van der Waals surface area contributed by atoms with Crippen LogP contribution in [0.2, 0.25) is 0 Å². The van der Waals surface area contributed by atoms with Gasteiger partial charge in [0, 0.05) is 19.0 Å². The van der Waals surface area contributed by atoms with Gasteiger partial charge in [-0.1, -0.05) is 12.1 Å². The highest BCUT2D eigenvalue weighted by Crippen LogP contribution is 2.23. The number of thiophene rings is 1. The van der Waals surface area contributed by atoms with Gasteiger partial charge in [0.25, 0.3) is 0 Å². The van der Waals surface area contributed by atoms with Gasteiger partial charge in [0.05, 0.1) is 11.4 Å². The lowest BCUT2D eigenvalue weighted by molar-refractivity contribution is -0.941. The Morgan fingerprint density at radius 2 is 2.29 bits per heavy atom. The second-order valence-electron chi connectivity index (χ2n) is 5.49. The van der Waals surface area contributed by atoms with Gasteiger partial charge in [-0.25, -0.2) is 0 Å². The van der Waals surface area contributed by atoms with Gasteiger partial charge in [-0.3, -0.25) is 4.40 Å². The van der Waals surface area contributed by atoms with Crippen molar-refractivity contribution in [3.63, 3.8) is 0 Å². The van der Waals surface area contributed by atoms with E-state index in [4.69, 9.17) is 12.2 Å². The molecule has 0 aliphatic carbocycles. The summed E-state index contributed by atoms with van der Waals surface area (Å²) in [6.45, 7) is 2.04. The maximum Gasteiger partial charge on any atom is 0.207 e. The number of nitrogens with zero attached hydrogens (tertiary/aromatic N) is 3. The van der Waals surface area contributed by atoms with Gasteiger partial charge in [-0.05, 0) is 35.8 Å². The Bertz CT molecular complexity index is 803. The zero-order valence-corrected chi connectivity index (χ0v) is 13.2. The second kappa shape index (κ2) is 5.36. The van der Waals surface area contributed by atoms with Crippen LogP contribution in [-0.2, 0) is 6.67 Å². The molecule has 0 radical (unpaired) electrons. The van der Waals surface area contributed by atoms with E-state index in [9.17, 15) is 0 Å². The van der Waals surface area contributed by atoms with Crippen LogP contribution in [0.15, 0.2) is 41.9 Å². The summed E-state index contributed by atoms with van der Waals surface area (Å²) in [6.07, 6.45) is 4.52. The Kier molecular flexibility index (Phi) is 3.37. The molecule has 0 aromatic carbocycles. The topological polar surface area (TPSA) is 26.7 Å². The summed E-state index contributed by atoms with van der Waals surface area (Å²) >= 11 is 7.41. The number of rotatable bonds is 3. The molecule has 21 heavy (non-hydrogen) atoms. The van der Waals surface area contributed by atoms with Gasteiger partial charge < -0.3 is 4.90 Å². The van der Waals surface area contributed by atoms with E-state index in [0.29, 0.717) is 6.04 Å². The molecule has 4 nitrogen and oxygen atoms in total. The molecule has 1 unspecified atom stereocenters. The first-order valence-electron chi connectivity index (χ1n) is 7.25. The molecule has 0 amide bonds. The molecule has 1 aliphatic rings. The van der Waals surface area contributed by atoms with Crippen LogP contribution in [0.4, 0.5) is 0 Å². The summed E-state index contributed by atoms with van der Waals surface area (Å²) in [4.78, 5) is 3.05. The number of hydrogen-bond acceptors (Lipinski definition) is 3. The van der Waals surface area contributed by atoms with Crippen molar-refractivity contribution in [2.75, 3.05) is 6.54 Å². The summed E-state index contributed by atoms with van der Waals surface area (Å²) < 4.78 is 4.74. The predicted octanol–water partition coefficient (Wildman–Crippen LogP) is 2.30. The molecule has 2 atom stereocenters. The number of hydrogen-bond donors (Lipinski definition) is 1. The van der Waals surface area contributed by atoms with Crippen LogP contribution in [-0.4, -0.2) is 20.7 Å². The van der Waals surface area contributed by atoms with E-state index in [1.807, 2.05) is 44.8 Å². The van der Waals surface area contributed by atoms with Gasteiger partial charge in [-0.15, -0.1) is 16.4 Å². The zero-order valence-electron chi connectivity index (χ0n) is 11.6. The van der Waals surface area contributed by atoms with Crippen LogP contribution in [0.25, 0.3) is 5.65 Å². The number of aromatic nitrogens is 3. The Morgan fingerprint density at radius 1 is 1.33 bits per heavy atom. The van der Waals surface area contributed by atoms with Crippen molar-refractivity contribution in [2.45, 2.75) is 25.6 Å². The number of fused-ring (bicyclic) bond motifs is 1. The summed E-state index contributed by atoms with van der Waals surface area (Å²) in [5, 5.41) is 6.82. The predicted molar refractivity (Wildman–Crippen MR) is 86.1 cm³/mol. The molecule has 1 saturated heterocycles. The molecule has 4 heterocycles. The largest absolute Gasteiger partial charge is 0.309 e. The average molecular weight is 317 g/mol. The summed E-state index contributed by atoms with van der Waals surface area (Å²) in [7, 11) is 0. The van der Waals surface area contributed by atoms with Crippen molar-refractivity contribution < 1.29 is 4.90 Å². The lowest BCUT2D eigenvalue weighted by Crippen LogP contribution is -3.09. The normalized spacial score (nSPS) is 22.1. The monoisotopic (exact) mass is 317 g/mol. The highest BCUT2D eigenvalue weighted by atomic mass is 32.1. The highest BCUT2D eigenvalue weighted by Gasteiger charge is 2.31. The fraction of sp³-hybridized carbons (Fsp3) is 0.333. The molecule has 0 saturated carbocycles. The molecule has 6 heteroatoms. The molecule has 3 aromatic heterocycles.